The molecule has 0 fully saturated rings. The van der Waals surface area contributed by atoms with Crippen LogP contribution in [0.2, 0.25) is 0 Å². The lowest BCUT2D eigenvalue weighted by Crippen LogP contribution is -2.35. The zero-order valence-corrected chi connectivity index (χ0v) is 25.9. The largest absolute Gasteiger partial charge is 0.466 e. The molecule has 0 aliphatic rings. The number of carbonyl (C=O) groups is 3. The molecule has 10 nitrogen and oxygen atoms in total. The number of ketones is 1. The average molecular weight is 684 g/mol. The number of hydrogen-bond acceptors (Lipinski definition) is 7. The number of esters is 1. The third-order valence-corrected chi connectivity index (χ3v) is 6.59. The number of nitrogens with zero attached hydrogens (tertiary/aromatic N) is 3. The third kappa shape index (κ3) is 8.15. The number of nitrogen functional groups attached to an aromatic ring is 1. The van der Waals surface area contributed by atoms with E-state index in [1.807, 2.05) is 23.7 Å². The predicted molar refractivity (Wildman–Crippen MR) is 172 cm³/mol. The number of aromatic nitrogens is 2. The van der Waals surface area contributed by atoms with Crippen molar-refractivity contribution >= 4 is 64.4 Å². The average Bonchev–Trinajstić information content (AvgIpc) is 3.30. The van der Waals surface area contributed by atoms with Crippen LogP contribution in [0.5, 0.6) is 5.75 Å². The fraction of sp³-hybridized carbons (Fsp3) is 0.258. The van der Waals surface area contributed by atoms with Gasteiger partial charge < -0.3 is 19.8 Å². The Bertz CT molecular complexity index is 1550. The molecule has 0 saturated heterocycles. The Kier molecular flexibility index (Phi) is 11.6. The normalized spacial score (nSPS) is 10.5. The molecular weight excluding hydrogens is 649 g/mol. The Morgan fingerprint density at radius 3 is 2.48 bits per heavy atom. The Balaban J connectivity index is 0.00000484. The maximum Gasteiger partial charge on any atom is 0.420 e. The summed E-state index contributed by atoms with van der Waals surface area (Å²) >= 11 is 0. The molecule has 2 heterocycles. The van der Waals surface area contributed by atoms with E-state index in [0.717, 1.165) is 11.1 Å². The number of halogens is 1. The van der Waals surface area contributed by atoms with Crippen molar-refractivity contribution in [1.82, 2.24) is 9.55 Å². The molecule has 0 unspecified atom stereocenters. The molecule has 0 spiro atoms. The van der Waals surface area contributed by atoms with Gasteiger partial charge in [-0.05, 0) is 55.7 Å². The van der Waals surface area contributed by atoms with E-state index in [1.54, 1.807) is 67.8 Å². The predicted octanol–water partition coefficient (Wildman–Crippen LogP) is 5.64. The summed E-state index contributed by atoms with van der Waals surface area (Å²) < 4.78 is 12.6. The number of nitrogens with one attached hydrogen (secondary N) is 1. The van der Waals surface area contributed by atoms with Crippen LogP contribution in [0.25, 0.3) is 10.9 Å². The molecule has 0 aliphatic heterocycles. The van der Waals surface area contributed by atoms with Crippen LogP contribution < -0.4 is 15.4 Å². The van der Waals surface area contributed by atoms with E-state index in [-0.39, 0.29) is 66.7 Å². The maximum atomic E-state index is 13.3. The zero-order valence-electron chi connectivity index (χ0n) is 23.5. The highest BCUT2D eigenvalue weighted by Crippen LogP contribution is 2.28. The van der Waals surface area contributed by atoms with Crippen LogP contribution in [0.4, 0.5) is 10.6 Å². The first-order valence-electron chi connectivity index (χ1n) is 13.4. The van der Waals surface area contributed by atoms with Crippen LogP contribution >= 0.6 is 24.0 Å². The fourth-order valence-electron chi connectivity index (χ4n) is 4.48. The third-order valence-electron chi connectivity index (χ3n) is 6.59. The van der Waals surface area contributed by atoms with Crippen molar-refractivity contribution in [2.75, 3.05) is 18.1 Å². The lowest BCUT2D eigenvalue weighted by atomic mass is 10.0. The summed E-state index contributed by atoms with van der Waals surface area (Å²) in [4.78, 5) is 43.9. The number of carbonyl (C=O) groups excluding carboxylic acids is 3. The summed E-state index contributed by atoms with van der Waals surface area (Å²) in [5, 5.41) is 8.20. The summed E-state index contributed by atoms with van der Waals surface area (Å²) in [6.07, 6.45) is 4.07. The van der Waals surface area contributed by atoms with E-state index in [2.05, 4.69) is 4.98 Å². The van der Waals surface area contributed by atoms with Gasteiger partial charge in [-0.3, -0.25) is 19.9 Å². The highest BCUT2D eigenvalue weighted by atomic mass is 127. The van der Waals surface area contributed by atoms with Gasteiger partial charge in [-0.15, -0.1) is 24.0 Å². The monoisotopic (exact) mass is 683 g/mol. The van der Waals surface area contributed by atoms with Crippen LogP contribution in [0.1, 0.15) is 47.7 Å². The van der Waals surface area contributed by atoms with Crippen LogP contribution in [0.15, 0.2) is 73.1 Å². The molecule has 0 atom stereocenters. The van der Waals surface area contributed by atoms with Crippen LogP contribution in [-0.2, 0) is 23.0 Å². The van der Waals surface area contributed by atoms with Crippen LogP contribution in [0.3, 0.4) is 0 Å². The van der Waals surface area contributed by atoms with E-state index in [1.165, 1.54) is 4.90 Å². The number of Topliss-reactive ketones (excluding diaryl/α,β-unsaturated/α-hetero) is 1. The molecule has 11 heteroatoms. The van der Waals surface area contributed by atoms with Crippen molar-refractivity contribution in [2.45, 2.75) is 32.6 Å². The van der Waals surface area contributed by atoms with Crippen molar-refractivity contribution in [1.29, 1.82) is 5.41 Å². The minimum absolute atomic E-state index is 0. The first kappa shape index (κ1) is 32.3. The number of nitrogens with two attached hydrogens (primary N) is 1. The molecule has 0 aliphatic carbocycles. The number of anilines is 1. The Morgan fingerprint density at radius 2 is 1.81 bits per heavy atom. The van der Waals surface area contributed by atoms with Crippen molar-refractivity contribution in [2.24, 2.45) is 12.8 Å². The summed E-state index contributed by atoms with van der Waals surface area (Å²) in [6.45, 7) is 2.25. The molecule has 1 amide bonds. The van der Waals surface area contributed by atoms with Gasteiger partial charge >= 0.3 is 12.1 Å². The molecular formula is C31H34IN5O5. The fourth-order valence-corrected chi connectivity index (χ4v) is 4.48. The second kappa shape index (κ2) is 15.1. The van der Waals surface area contributed by atoms with Gasteiger partial charge in [0, 0.05) is 60.9 Å². The number of amides is 1. The molecule has 2 aromatic carbocycles. The standard InChI is InChI=1S/C31H33N5O5.HI/c1-3-40-29(38)8-6-18-36(28-7-4-5-17-34-28)31(39)41-23-14-15-26-24(19-23)25(20-35(26)2)27(37)16-11-21-9-12-22(13-10-21)30(32)33;/h4-5,7,9-10,12-15,17,19-20H,3,6,8,11,16,18H2,1-2H3,(H3,32,33);1H. The van der Waals surface area contributed by atoms with E-state index in [9.17, 15) is 14.4 Å². The van der Waals surface area contributed by atoms with Gasteiger partial charge in [-0.1, -0.05) is 30.3 Å². The second-order valence-corrected chi connectivity index (χ2v) is 9.48. The summed E-state index contributed by atoms with van der Waals surface area (Å²) in [7, 11) is 1.86. The second-order valence-electron chi connectivity index (χ2n) is 9.48. The summed E-state index contributed by atoms with van der Waals surface area (Å²) in [6, 6.07) is 17.6. The Labute approximate surface area is 261 Å². The quantitative estimate of drug-likeness (QED) is 0.0648. The molecule has 0 bridgehead atoms. The summed E-state index contributed by atoms with van der Waals surface area (Å²) in [5.74, 6) is 0.313. The van der Waals surface area contributed by atoms with Gasteiger partial charge in [0.2, 0.25) is 0 Å². The van der Waals surface area contributed by atoms with Crippen LogP contribution in [-0.4, -0.2) is 46.4 Å². The van der Waals surface area contributed by atoms with Crippen molar-refractivity contribution in [3.63, 3.8) is 0 Å². The Morgan fingerprint density at radius 1 is 1.05 bits per heavy atom. The van der Waals surface area contributed by atoms with Gasteiger partial charge in [-0.25, -0.2) is 9.78 Å². The number of fused-ring (bicyclic) bond motifs is 1. The van der Waals surface area contributed by atoms with Crippen LogP contribution in [0, 0.1) is 5.41 Å². The van der Waals surface area contributed by atoms with Crippen molar-refractivity contribution < 1.29 is 23.9 Å². The topological polar surface area (TPSA) is 141 Å². The molecule has 220 valence electrons. The van der Waals surface area contributed by atoms with Gasteiger partial charge in [0.05, 0.1) is 6.61 Å². The SMILES string of the molecule is CCOC(=O)CCCN(C(=O)Oc1ccc2c(c1)c(C(=O)CCc1ccc(C(=N)N)cc1)cn2C)c1ccccn1.I. The molecule has 42 heavy (non-hydrogen) atoms. The minimum Gasteiger partial charge on any atom is -0.466 e. The van der Waals surface area contributed by atoms with Gasteiger partial charge in [-0.2, -0.15) is 0 Å². The number of benzene rings is 2. The Hall–Kier alpha value is -4.26. The molecule has 3 N–H and O–H groups in total. The number of ether oxygens (including phenoxy) is 2. The number of rotatable bonds is 12. The highest BCUT2D eigenvalue weighted by molar-refractivity contribution is 14.0. The van der Waals surface area contributed by atoms with E-state index >= 15 is 0 Å². The van der Waals surface area contributed by atoms with Crippen molar-refractivity contribution in [3.8, 4) is 5.75 Å². The molecule has 4 aromatic rings. The van der Waals surface area contributed by atoms with Gasteiger partial charge in [0.25, 0.3) is 0 Å². The highest BCUT2D eigenvalue weighted by Gasteiger charge is 2.21. The molecule has 0 radical (unpaired) electrons. The minimum atomic E-state index is -0.648. The number of pyridine rings is 1. The van der Waals surface area contributed by atoms with Gasteiger partial charge in [0.1, 0.15) is 17.4 Å². The van der Waals surface area contributed by atoms with E-state index in [0.29, 0.717) is 41.8 Å². The van der Waals surface area contributed by atoms with Crippen molar-refractivity contribution in [3.05, 3.63) is 89.7 Å². The molecule has 0 saturated carbocycles. The lowest BCUT2D eigenvalue weighted by Gasteiger charge is -2.21. The summed E-state index contributed by atoms with van der Waals surface area (Å²) in [5.41, 5.74) is 8.49. The lowest BCUT2D eigenvalue weighted by molar-refractivity contribution is -0.143. The van der Waals surface area contributed by atoms with Gasteiger partial charge in [0.15, 0.2) is 5.78 Å². The smallest absolute Gasteiger partial charge is 0.420 e. The first-order chi connectivity index (χ1) is 19.8. The number of amidine groups is 1. The maximum absolute atomic E-state index is 13.3. The van der Waals surface area contributed by atoms with E-state index < -0.39 is 6.09 Å². The van der Waals surface area contributed by atoms with E-state index in [4.69, 9.17) is 20.6 Å². The number of hydrogen-bond donors (Lipinski definition) is 2. The number of aryl methyl sites for hydroxylation is 2. The zero-order chi connectivity index (χ0) is 29.4. The molecule has 4 rings (SSSR count). The first-order valence-corrected chi connectivity index (χ1v) is 13.4. The molecule has 2 aromatic heterocycles.